The number of carbonyl (C=O) groups is 1. The molecule has 10 heteroatoms. The van der Waals surface area contributed by atoms with Crippen molar-refractivity contribution < 1.29 is 9.18 Å². The number of halogens is 2. The van der Waals surface area contributed by atoms with Crippen LogP contribution >= 0.6 is 23.4 Å². The van der Waals surface area contributed by atoms with Crippen LogP contribution in [0, 0.1) is 19.7 Å². The number of aryl methyl sites for hydroxylation is 2. The van der Waals surface area contributed by atoms with E-state index in [2.05, 4.69) is 30.9 Å². The first-order chi connectivity index (χ1) is 16.8. The van der Waals surface area contributed by atoms with Crippen LogP contribution in [-0.2, 0) is 4.79 Å². The van der Waals surface area contributed by atoms with Crippen molar-refractivity contribution in [3.63, 3.8) is 0 Å². The zero-order valence-corrected chi connectivity index (χ0v) is 20.5. The monoisotopic (exact) mass is 508 g/mol. The van der Waals surface area contributed by atoms with Crippen molar-refractivity contribution in [1.82, 2.24) is 15.0 Å². The highest BCUT2D eigenvalue weighted by Crippen LogP contribution is 2.23. The van der Waals surface area contributed by atoms with Gasteiger partial charge < -0.3 is 16.0 Å². The molecule has 178 valence electrons. The van der Waals surface area contributed by atoms with E-state index in [1.54, 1.807) is 0 Å². The topological polar surface area (TPSA) is 91.8 Å². The molecule has 0 bridgehead atoms. The second kappa shape index (κ2) is 11.2. The molecule has 3 N–H and O–H groups in total. The van der Waals surface area contributed by atoms with Crippen LogP contribution in [0.15, 0.2) is 71.9 Å². The van der Waals surface area contributed by atoms with Crippen molar-refractivity contribution in [2.24, 2.45) is 0 Å². The Morgan fingerprint density at radius 2 is 1.34 bits per heavy atom. The minimum absolute atomic E-state index is 0.0347. The maximum atomic E-state index is 13.3. The average molecular weight is 509 g/mol. The van der Waals surface area contributed by atoms with Crippen molar-refractivity contribution in [3.05, 3.63) is 88.7 Å². The lowest BCUT2D eigenvalue weighted by atomic mass is 10.2. The Balaban J connectivity index is 1.50. The van der Waals surface area contributed by atoms with Crippen LogP contribution in [0.25, 0.3) is 0 Å². The fourth-order valence-corrected chi connectivity index (χ4v) is 3.78. The third-order valence-corrected chi connectivity index (χ3v) is 5.90. The predicted octanol–water partition coefficient (Wildman–Crippen LogP) is 6.50. The molecule has 0 saturated carbocycles. The highest BCUT2D eigenvalue weighted by atomic mass is 35.5. The minimum atomic E-state index is -0.550. The quantitative estimate of drug-likeness (QED) is 0.234. The summed E-state index contributed by atoms with van der Waals surface area (Å²) in [6.07, 6.45) is 0. The van der Waals surface area contributed by atoms with E-state index in [9.17, 15) is 9.18 Å². The first-order valence-corrected chi connectivity index (χ1v) is 12.0. The largest absolute Gasteiger partial charge is 0.325 e. The van der Waals surface area contributed by atoms with E-state index in [0.29, 0.717) is 22.7 Å². The molecule has 4 rings (SSSR count). The van der Waals surface area contributed by atoms with Gasteiger partial charge in [0.25, 0.3) is 0 Å². The molecule has 1 aromatic heterocycles. The molecule has 0 aliphatic heterocycles. The second-order valence-electron chi connectivity index (χ2n) is 7.71. The third kappa shape index (κ3) is 7.14. The molecule has 0 aliphatic carbocycles. The van der Waals surface area contributed by atoms with Crippen LogP contribution in [0.1, 0.15) is 11.1 Å². The van der Waals surface area contributed by atoms with Crippen molar-refractivity contribution in [2.45, 2.75) is 19.0 Å². The maximum absolute atomic E-state index is 13.3. The number of carbonyl (C=O) groups excluding carboxylic acids is 1. The Morgan fingerprint density at radius 1 is 0.829 bits per heavy atom. The van der Waals surface area contributed by atoms with E-state index in [-0.39, 0.29) is 16.7 Å². The molecule has 1 heterocycles. The van der Waals surface area contributed by atoms with Crippen molar-refractivity contribution >= 4 is 58.2 Å². The summed E-state index contributed by atoms with van der Waals surface area (Å²) in [4.78, 5) is 25.8. The smallest absolute Gasteiger partial charge is 0.234 e. The molecule has 35 heavy (non-hydrogen) atoms. The van der Waals surface area contributed by atoms with Crippen LogP contribution in [0.5, 0.6) is 0 Å². The minimum Gasteiger partial charge on any atom is -0.325 e. The van der Waals surface area contributed by atoms with Gasteiger partial charge in [0.15, 0.2) is 5.16 Å². The van der Waals surface area contributed by atoms with Gasteiger partial charge in [-0.3, -0.25) is 4.79 Å². The summed E-state index contributed by atoms with van der Waals surface area (Å²) in [5.74, 6) is -0.142. The van der Waals surface area contributed by atoms with Gasteiger partial charge in [-0.25, -0.2) is 4.39 Å². The molecular weight excluding hydrogens is 487 g/mol. The van der Waals surface area contributed by atoms with Gasteiger partial charge >= 0.3 is 0 Å². The molecule has 0 spiro atoms. The molecule has 0 radical (unpaired) electrons. The van der Waals surface area contributed by atoms with Gasteiger partial charge in [0.2, 0.25) is 17.8 Å². The van der Waals surface area contributed by atoms with Crippen LogP contribution in [-0.4, -0.2) is 26.6 Å². The summed E-state index contributed by atoms with van der Waals surface area (Å²) in [7, 11) is 0. The SMILES string of the molecule is Cc1ccc(Nc2nc(Nc3ccc(C)cc3)nc(SCC(=O)Nc3ccc(F)c(Cl)c3)n2)cc1. The summed E-state index contributed by atoms with van der Waals surface area (Å²) in [6.45, 7) is 4.02. The van der Waals surface area contributed by atoms with E-state index < -0.39 is 5.82 Å². The number of hydrogen-bond acceptors (Lipinski definition) is 7. The fraction of sp³-hybridized carbons (Fsp3) is 0.120. The molecule has 0 atom stereocenters. The van der Waals surface area contributed by atoms with E-state index in [1.165, 1.54) is 18.2 Å². The van der Waals surface area contributed by atoms with E-state index in [0.717, 1.165) is 34.3 Å². The van der Waals surface area contributed by atoms with Crippen LogP contribution in [0.2, 0.25) is 5.02 Å². The third-order valence-electron chi connectivity index (χ3n) is 4.77. The Morgan fingerprint density at radius 3 is 1.86 bits per heavy atom. The predicted molar refractivity (Wildman–Crippen MR) is 140 cm³/mol. The van der Waals surface area contributed by atoms with Gasteiger partial charge in [-0.05, 0) is 56.3 Å². The van der Waals surface area contributed by atoms with Crippen molar-refractivity contribution in [1.29, 1.82) is 0 Å². The van der Waals surface area contributed by atoms with Crippen LogP contribution < -0.4 is 16.0 Å². The van der Waals surface area contributed by atoms with Crippen LogP contribution in [0.3, 0.4) is 0 Å². The molecular formula is C25H22ClFN6OS. The van der Waals surface area contributed by atoms with Gasteiger partial charge in [-0.2, -0.15) is 15.0 Å². The van der Waals surface area contributed by atoms with Crippen molar-refractivity contribution in [2.75, 3.05) is 21.7 Å². The van der Waals surface area contributed by atoms with Gasteiger partial charge in [0.05, 0.1) is 10.8 Å². The first-order valence-electron chi connectivity index (χ1n) is 10.7. The van der Waals surface area contributed by atoms with Gasteiger partial charge in [-0.1, -0.05) is 58.8 Å². The van der Waals surface area contributed by atoms with Crippen molar-refractivity contribution in [3.8, 4) is 0 Å². The lowest BCUT2D eigenvalue weighted by Crippen LogP contribution is -2.14. The molecule has 7 nitrogen and oxygen atoms in total. The number of nitrogens with one attached hydrogen (secondary N) is 3. The zero-order chi connectivity index (χ0) is 24.8. The summed E-state index contributed by atoms with van der Waals surface area (Å²) >= 11 is 6.93. The number of thioether (sulfide) groups is 1. The first kappa shape index (κ1) is 24.4. The molecule has 0 fully saturated rings. The molecule has 4 aromatic rings. The highest BCUT2D eigenvalue weighted by molar-refractivity contribution is 7.99. The standard InChI is InChI=1S/C25H22ClFN6OS/c1-15-3-7-17(8-4-15)29-23-31-24(30-18-9-5-16(2)6-10-18)33-25(32-23)35-14-22(34)28-19-11-12-21(27)20(26)13-19/h3-13H,14H2,1-2H3,(H,28,34)(H2,29,30,31,32,33). The Labute approximate surface area is 211 Å². The summed E-state index contributed by atoms with van der Waals surface area (Å²) in [6, 6.07) is 19.7. The van der Waals surface area contributed by atoms with Gasteiger partial charge in [-0.15, -0.1) is 0 Å². The zero-order valence-electron chi connectivity index (χ0n) is 19.0. The van der Waals surface area contributed by atoms with E-state index in [1.807, 2.05) is 62.4 Å². The van der Waals surface area contributed by atoms with Gasteiger partial charge in [0, 0.05) is 17.1 Å². The average Bonchev–Trinajstić information content (AvgIpc) is 2.83. The Hall–Kier alpha value is -3.69. The summed E-state index contributed by atoms with van der Waals surface area (Å²) in [5, 5.41) is 9.34. The second-order valence-corrected chi connectivity index (χ2v) is 9.06. The van der Waals surface area contributed by atoms with E-state index >= 15 is 0 Å². The fourth-order valence-electron chi connectivity index (χ4n) is 2.97. The molecule has 3 aromatic carbocycles. The molecule has 0 saturated heterocycles. The maximum Gasteiger partial charge on any atom is 0.234 e. The number of benzene rings is 3. The summed E-state index contributed by atoms with van der Waals surface area (Å²) < 4.78 is 13.3. The van der Waals surface area contributed by atoms with Gasteiger partial charge in [0.1, 0.15) is 5.82 Å². The molecule has 0 unspecified atom stereocenters. The number of amides is 1. The Bertz CT molecular complexity index is 1270. The summed E-state index contributed by atoms with van der Waals surface area (Å²) in [5.41, 5.74) is 4.33. The lowest BCUT2D eigenvalue weighted by molar-refractivity contribution is -0.113. The number of hydrogen-bond donors (Lipinski definition) is 3. The molecule has 1 amide bonds. The lowest BCUT2D eigenvalue weighted by Gasteiger charge is -2.11. The molecule has 0 aliphatic rings. The number of nitrogens with zero attached hydrogens (tertiary/aromatic N) is 3. The number of rotatable bonds is 8. The number of aromatic nitrogens is 3. The highest BCUT2D eigenvalue weighted by Gasteiger charge is 2.12. The Kier molecular flexibility index (Phi) is 7.79. The normalized spacial score (nSPS) is 10.6. The van der Waals surface area contributed by atoms with E-state index in [4.69, 9.17) is 11.6 Å². The van der Waals surface area contributed by atoms with Crippen LogP contribution in [0.4, 0.5) is 33.3 Å². The number of anilines is 5.